The monoisotopic (exact) mass is 274 g/mol. The van der Waals surface area contributed by atoms with Crippen molar-refractivity contribution >= 4 is 11.8 Å². The number of carbonyl (C=O) groups is 2. The first-order chi connectivity index (χ1) is 9.60. The van der Waals surface area contributed by atoms with Crippen LogP contribution in [0.25, 0.3) is 0 Å². The van der Waals surface area contributed by atoms with Crippen LogP contribution in [-0.2, 0) is 9.59 Å². The van der Waals surface area contributed by atoms with Gasteiger partial charge in [0.1, 0.15) is 12.1 Å². The standard InChI is InChI=1S/C16H22N2O2/c1-4-13-16(20)18(14(5-2)15(19)17-13)11(3)12-9-7-6-8-10-12/h6-11,13-14H,4-5H2,1-3H3,(H,17,19). The molecule has 2 rings (SSSR count). The molecule has 4 nitrogen and oxygen atoms in total. The lowest BCUT2D eigenvalue weighted by molar-refractivity contribution is -0.152. The highest BCUT2D eigenvalue weighted by molar-refractivity contribution is 5.97. The highest BCUT2D eigenvalue weighted by atomic mass is 16.2. The lowest BCUT2D eigenvalue weighted by atomic mass is 9.98. The average molecular weight is 274 g/mol. The van der Waals surface area contributed by atoms with Crippen LogP contribution in [0, 0.1) is 0 Å². The Bertz CT molecular complexity index is 487. The second-order valence-electron chi connectivity index (χ2n) is 5.23. The maximum atomic E-state index is 12.6. The Morgan fingerprint density at radius 1 is 1.15 bits per heavy atom. The molecule has 1 aliphatic rings. The minimum atomic E-state index is -0.392. The van der Waals surface area contributed by atoms with Crippen molar-refractivity contribution in [1.29, 1.82) is 0 Å². The Balaban J connectivity index is 2.33. The van der Waals surface area contributed by atoms with E-state index in [0.29, 0.717) is 12.8 Å². The van der Waals surface area contributed by atoms with Gasteiger partial charge in [0.15, 0.2) is 0 Å². The Morgan fingerprint density at radius 2 is 1.80 bits per heavy atom. The summed E-state index contributed by atoms with van der Waals surface area (Å²) < 4.78 is 0. The number of nitrogens with zero attached hydrogens (tertiary/aromatic N) is 1. The van der Waals surface area contributed by atoms with Gasteiger partial charge in [-0.05, 0) is 25.3 Å². The Hall–Kier alpha value is -1.84. The van der Waals surface area contributed by atoms with Gasteiger partial charge in [0, 0.05) is 0 Å². The second-order valence-corrected chi connectivity index (χ2v) is 5.23. The largest absolute Gasteiger partial charge is 0.343 e. The lowest BCUT2D eigenvalue weighted by Crippen LogP contribution is -2.63. The number of nitrogens with one attached hydrogen (secondary N) is 1. The van der Waals surface area contributed by atoms with Crippen molar-refractivity contribution in [2.45, 2.75) is 51.7 Å². The number of benzene rings is 1. The van der Waals surface area contributed by atoms with E-state index in [1.165, 1.54) is 0 Å². The summed E-state index contributed by atoms with van der Waals surface area (Å²) in [5, 5.41) is 2.82. The molecule has 0 aliphatic carbocycles. The highest BCUT2D eigenvalue weighted by Gasteiger charge is 2.41. The zero-order chi connectivity index (χ0) is 14.7. The first-order valence-corrected chi connectivity index (χ1v) is 7.27. The van der Waals surface area contributed by atoms with Crippen molar-refractivity contribution in [1.82, 2.24) is 10.2 Å². The average Bonchev–Trinajstić information content (AvgIpc) is 2.48. The van der Waals surface area contributed by atoms with E-state index in [-0.39, 0.29) is 23.9 Å². The molecule has 0 saturated carbocycles. The van der Waals surface area contributed by atoms with Gasteiger partial charge in [0.05, 0.1) is 6.04 Å². The number of hydrogen-bond acceptors (Lipinski definition) is 2. The molecule has 2 amide bonds. The Morgan fingerprint density at radius 3 is 2.35 bits per heavy atom. The predicted molar refractivity (Wildman–Crippen MR) is 78.0 cm³/mol. The summed E-state index contributed by atoms with van der Waals surface area (Å²) >= 11 is 0. The molecule has 0 radical (unpaired) electrons. The van der Waals surface area contributed by atoms with Gasteiger partial charge >= 0.3 is 0 Å². The van der Waals surface area contributed by atoms with Crippen LogP contribution in [0.4, 0.5) is 0 Å². The lowest BCUT2D eigenvalue weighted by Gasteiger charge is -2.42. The second kappa shape index (κ2) is 6.07. The zero-order valence-corrected chi connectivity index (χ0v) is 12.3. The minimum Gasteiger partial charge on any atom is -0.343 e. The summed E-state index contributed by atoms with van der Waals surface area (Å²) in [5.41, 5.74) is 1.06. The molecular weight excluding hydrogens is 252 g/mol. The zero-order valence-electron chi connectivity index (χ0n) is 12.3. The summed E-state index contributed by atoms with van der Waals surface area (Å²) in [7, 11) is 0. The molecule has 1 N–H and O–H groups in total. The van der Waals surface area contributed by atoms with Gasteiger partial charge in [-0.3, -0.25) is 9.59 Å². The van der Waals surface area contributed by atoms with Crippen molar-refractivity contribution < 1.29 is 9.59 Å². The van der Waals surface area contributed by atoms with Gasteiger partial charge in [0.25, 0.3) is 0 Å². The van der Waals surface area contributed by atoms with Crippen LogP contribution < -0.4 is 5.32 Å². The van der Waals surface area contributed by atoms with Crippen molar-refractivity contribution in [3.05, 3.63) is 35.9 Å². The van der Waals surface area contributed by atoms with Crippen LogP contribution in [0.1, 0.15) is 45.2 Å². The van der Waals surface area contributed by atoms with Crippen LogP contribution in [0.5, 0.6) is 0 Å². The Labute approximate surface area is 120 Å². The third-order valence-electron chi connectivity index (χ3n) is 4.00. The van der Waals surface area contributed by atoms with Gasteiger partial charge < -0.3 is 10.2 Å². The van der Waals surface area contributed by atoms with Gasteiger partial charge in [0.2, 0.25) is 11.8 Å². The molecule has 1 heterocycles. The number of carbonyl (C=O) groups excluding carboxylic acids is 2. The first kappa shape index (κ1) is 14.6. The summed E-state index contributed by atoms with van der Waals surface area (Å²) in [4.78, 5) is 26.5. The predicted octanol–water partition coefficient (Wildman–Crippen LogP) is 2.26. The van der Waals surface area contributed by atoms with Crippen molar-refractivity contribution in [3.63, 3.8) is 0 Å². The molecule has 108 valence electrons. The van der Waals surface area contributed by atoms with Crippen molar-refractivity contribution in [3.8, 4) is 0 Å². The number of rotatable bonds is 4. The van der Waals surface area contributed by atoms with E-state index in [2.05, 4.69) is 5.32 Å². The van der Waals surface area contributed by atoms with E-state index in [1.807, 2.05) is 51.1 Å². The molecule has 1 aliphatic heterocycles. The minimum absolute atomic E-state index is 0.0234. The van der Waals surface area contributed by atoms with E-state index in [9.17, 15) is 9.59 Å². The highest BCUT2D eigenvalue weighted by Crippen LogP contribution is 2.27. The van der Waals surface area contributed by atoms with E-state index < -0.39 is 6.04 Å². The van der Waals surface area contributed by atoms with Crippen LogP contribution in [0.3, 0.4) is 0 Å². The molecule has 4 heteroatoms. The van der Waals surface area contributed by atoms with Gasteiger partial charge in [-0.25, -0.2) is 0 Å². The van der Waals surface area contributed by atoms with Crippen LogP contribution in [0.2, 0.25) is 0 Å². The molecule has 1 aromatic rings. The SMILES string of the molecule is CCC1NC(=O)C(CC)N(C(C)c2ccccc2)C1=O. The van der Waals surface area contributed by atoms with Gasteiger partial charge in [-0.1, -0.05) is 44.2 Å². The maximum Gasteiger partial charge on any atom is 0.246 e. The molecule has 1 fully saturated rings. The van der Waals surface area contributed by atoms with Gasteiger partial charge in [-0.15, -0.1) is 0 Å². The summed E-state index contributed by atoms with van der Waals surface area (Å²) in [6.45, 7) is 5.84. The molecule has 1 aromatic carbocycles. The summed E-state index contributed by atoms with van der Waals surface area (Å²) in [6, 6.07) is 9.01. The maximum absolute atomic E-state index is 12.6. The number of piperazine rings is 1. The quantitative estimate of drug-likeness (QED) is 0.915. The van der Waals surface area contributed by atoms with Crippen LogP contribution >= 0.6 is 0 Å². The number of hydrogen-bond donors (Lipinski definition) is 1. The van der Waals surface area contributed by atoms with E-state index in [4.69, 9.17) is 0 Å². The third kappa shape index (κ3) is 2.55. The summed E-state index contributed by atoms with van der Waals surface area (Å²) in [5.74, 6) is -0.0166. The topological polar surface area (TPSA) is 49.4 Å². The molecule has 3 unspecified atom stereocenters. The molecule has 3 atom stereocenters. The molecule has 20 heavy (non-hydrogen) atoms. The van der Waals surface area contributed by atoms with Gasteiger partial charge in [-0.2, -0.15) is 0 Å². The molecule has 0 spiro atoms. The van der Waals surface area contributed by atoms with Crippen LogP contribution in [0.15, 0.2) is 30.3 Å². The normalized spacial score (nSPS) is 24.4. The number of amides is 2. The summed E-state index contributed by atoms with van der Waals surface area (Å²) in [6.07, 6.45) is 1.25. The first-order valence-electron chi connectivity index (χ1n) is 7.27. The fourth-order valence-corrected chi connectivity index (χ4v) is 2.80. The Kier molecular flexibility index (Phi) is 4.42. The third-order valence-corrected chi connectivity index (χ3v) is 4.00. The molecule has 1 saturated heterocycles. The molecule has 0 bridgehead atoms. The van der Waals surface area contributed by atoms with Crippen molar-refractivity contribution in [2.75, 3.05) is 0 Å². The van der Waals surface area contributed by atoms with E-state index >= 15 is 0 Å². The molecular formula is C16H22N2O2. The fourth-order valence-electron chi connectivity index (χ4n) is 2.80. The van der Waals surface area contributed by atoms with E-state index in [0.717, 1.165) is 5.56 Å². The smallest absolute Gasteiger partial charge is 0.246 e. The van der Waals surface area contributed by atoms with E-state index in [1.54, 1.807) is 4.90 Å². The van der Waals surface area contributed by atoms with Crippen molar-refractivity contribution in [2.24, 2.45) is 0 Å². The molecule has 0 aromatic heterocycles. The van der Waals surface area contributed by atoms with Crippen LogP contribution in [-0.4, -0.2) is 28.8 Å². The fraction of sp³-hybridized carbons (Fsp3) is 0.500.